The quantitative estimate of drug-likeness (QED) is 0.722. The summed E-state index contributed by atoms with van der Waals surface area (Å²) in [7, 11) is 3.17. The number of hydrogen-bond acceptors (Lipinski definition) is 5. The Morgan fingerprint density at radius 1 is 1.00 bits per heavy atom. The van der Waals surface area contributed by atoms with Gasteiger partial charge in [-0.2, -0.15) is 0 Å². The van der Waals surface area contributed by atoms with Gasteiger partial charge in [0, 0.05) is 17.3 Å². The predicted octanol–water partition coefficient (Wildman–Crippen LogP) is 4.14. The van der Waals surface area contributed by atoms with Crippen molar-refractivity contribution in [3.63, 3.8) is 0 Å². The third-order valence-corrected chi connectivity index (χ3v) is 4.03. The third-order valence-electron chi connectivity index (χ3n) is 4.03. The Labute approximate surface area is 151 Å². The molecule has 0 saturated heterocycles. The van der Waals surface area contributed by atoms with Crippen LogP contribution in [0.5, 0.6) is 11.5 Å². The van der Waals surface area contributed by atoms with E-state index in [1.165, 1.54) is 18.5 Å². The number of methoxy groups -OCH3 is 2. The molecule has 0 aliphatic carbocycles. The van der Waals surface area contributed by atoms with E-state index >= 15 is 0 Å². The molecule has 0 amide bonds. The van der Waals surface area contributed by atoms with E-state index in [1.807, 2.05) is 37.3 Å². The molecule has 1 N–H and O–H groups in total. The Hall–Kier alpha value is -3.15. The Morgan fingerprint density at radius 3 is 2.58 bits per heavy atom. The summed E-state index contributed by atoms with van der Waals surface area (Å²) in [6, 6.07) is 13.5. The molecule has 26 heavy (non-hydrogen) atoms. The van der Waals surface area contributed by atoms with Crippen LogP contribution in [0.1, 0.15) is 22.9 Å². The second-order valence-electron chi connectivity index (χ2n) is 5.78. The lowest BCUT2D eigenvalue weighted by Gasteiger charge is -2.23. The fraction of sp³-hybridized carbons (Fsp3) is 0.200. The number of benzene rings is 2. The van der Waals surface area contributed by atoms with Crippen LogP contribution in [0.15, 0.2) is 54.9 Å². The van der Waals surface area contributed by atoms with Gasteiger partial charge in [0.05, 0.1) is 20.3 Å². The Morgan fingerprint density at radius 2 is 1.85 bits per heavy atom. The van der Waals surface area contributed by atoms with Gasteiger partial charge in [-0.15, -0.1) is 0 Å². The Kier molecular flexibility index (Phi) is 5.31. The van der Waals surface area contributed by atoms with Crippen LogP contribution < -0.4 is 14.8 Å². The number of halogens is 1. The van der Waals surface area contributed by atoms with Gasteiger partial charge in [0.15, 0.2) is 0 Å². The van der Waals surface area contributed by atoms with Crippen LogP contribution in [0.25, 0.3) is 0 Å². The minimum absolute atomic E-state index is 0.339. The number of ether oxygens (including phenoxy) is 2. The second-order valence-corrected chi connectivity index (χ2v) is 5.78. The zero-order valence-corrected chi connectivity index (χ0v) is 14.9. The van der Waals surface area contributed by atoms with Crippen LogP contribution in [-0.4, -0.2) is 24.2 Å². The lowest BCUT2D eigenvalue weighted by Crippen LogP contribution is -2.15. The summed E-state index contributed by atoms with van der Waals surface area (Å²) in [5.74, 6) is 1.59. The molecule has 6 heteroatoms. The molecular weight excluding hydrogens is 333 g/mol. The summed E-state index contributed by atoms with van der Waals surface area (Å²) in [6.07, 6.45) is 1.49. The smallest absolute Gasteiger partial charge is 0.130 e. The first-order valence-electron chi connectivity index (χ1n) is 8.13. The number of nitrogens with zero attached hydrogens (tertiary/aromatic N) is 2. The number of rotatable bonds is 6. The fourth-order valence-corrected chi connectivity index (χ4v) is 2.77. The lowest BCUT2D eigenvalue weighted by atomic mass is 9.97. The van der Waals surface area contributed by atoms with Gasteiger partial charge in [-0.3, -0.25) is 0 Å². The summed E-state index contributed by atoms with van der Waals surface area (Å²) < 4.78 is 24.8. The molecule has 5 nitrogen and oxygen atoms in total. The van der Waals surface area contributed by atoms with E-state index in [1.54, 1.807) is 20.3 Å². The van der Waals surface area contributed by atoms with Crippen molar-refractivity contribution in [2.75, 3.05) is 19.5 Å². The van der Waals surface area contributed by atoms with E-state index in [2.05, 4.69) is 15.3 Å². The number of aryl methyl sites for hydroxylation is 1. The van der Waals surface area contributed by atoms with Gasteiger partial charge in [0.2, 0.25) is 0 Å². The molecule has 1 aromatic heterocycles. The highest BCUT2D eigenvalue weighted by atomic mass is 19.1. The normalized spacial score (nSPS) is 11.7. The third kappa shape index (κ3) is 3.91. The van der Waals surface area contributed by atoms with Crippen LogP contribution in [0.2, 0.25) is 0 Å². The van der Waals surface area contributed by atoms with Crippen molar-refractivity contribution in [3.05, 3.63) is 77.5 Å². The zero-order chi connectivity index (χ0) is 18.5. The van der Waals surface area contributed by atoms with E-state index < -0.39 is 0 Å². The number of nitrogens with one attached hydrogen (secondary N) is 1. The molecule has 1 heterocycles. The van der Waals surface area contributed by atoms with Crippen molar-refractivity contribution in [2.24, 2.45) is 0 Å². The van der Waals surface area contributed by atoms with Gasteiger partial charge in [-0.25, -0.2) is 14.4 Å². The average molecular weight is 353 g/mol. The molecule has 0 fully saturated rings. The minimum Gasteiger partial charge on any atom is -0.497 e. The predicted molar refractivity (Wildman–Crippen MR) is 98.2 cm³/mol. The maximum Gasteiger partial charge on any atom is 0.130 e. The van der Waals surface area contributed by atoms with Crippen molar-refractivity contribution in [1.29, 1.82) is 0 Å². The monoisotopic (exact) mass is 353 g/mol. The highest BCUT2D eigenvalue weighted by Gasteiger charge is 2.20. The molecular formula is C20H20FN3O2. The van der Waals surface area contributed by atoms with Gasteiger partial charge in [0.1, 0.15) is 29.5 Å². The zero-order valence-electron chi connectivity index (χ0n) is 14.9. The van der Waals surface area contributed by atoms with E-state index in [-0.39, 0.29) is 11.9 Å². The molecule has 3 rings (SSSR count). The molecule has 0 spiro atoms. The van der Waals surface area contributed by atoms with E-state index in [0.29, 0.717) is 22.9 Å². The average Bonchev–Trinajstić information content (AvgIpc) is 2.66. The largest absolute Gasteiger partial charge is 0.497 e. The number of anilines is 1. The van der Waals surface area contributed by atoms with Gasteiger partial charge < -0.3 is 14.8 Å². The second kappa shape index (κ2) is 7.82. The Bertz CT molecular complexity index is 902. The number of aromatic nitrogens is 2. The van der Waals surface area contributed by atoms with Crippen LogP contribution in [-0.2, 0) is 0 Å². The first kappa shape index (κ1) is 17.7. The van der Waals surface area contributed by atoms with Crippen molar-refractivity contribution >= 4 is 5.82 Å². The van der Waals surface area contributed by atoms with Gasteiger partial charge in [-0.1, -0.05) is 12.1 Å². The Balaban J connectivity index is 2.11. The first-order valence-corrected chi connectivity index (χ1v) is 8.13. The van der Waals surface area contributed by atoms with E-state index in [9.17, 15) is 4.39 Å². The number of hydrogen-bond donors (Lipinski definition) is 1. The van der Waals surface area contributed by atoms with Crippen molar-refractivity contribution in [1.82, 2.24) is 9.97 Å². The molecule has 0 radical (unpaired) electrons. The molecule has 1 atom stereocenters. The van der Waals surface area contributed by atoms with Crippen LogP contribution >= 0.6 is 0 Å². The van der Waals surface area contributed by atoms with Gasteiger partial charge >= 0.3 is 0 Å². The molecule has 134 valence electrons. The molecule has 3 aromatic rings. The minimum atomic E-state index is -0.384. The summed E-state index contributed by atoms with van der Waals surface area (Å²) in [4.78, 5) is 8.37. The molecule has 2 aromatic carbocycles. The molecule has 0 aliphatic heterocycles. The maximum absolute atomic E-state index is 14.0. The maximum atomic E-state index is 14.0. The van der Waals surface area contributed by atoms with Gasteiger partial charge in [0.25, 0.3) is 0 Å². The fourth-order valence-electron chi connectivity index (χ4n) is 2.77. The van der Waals surface area contributed by atoms with Crippen LogP contribution in [0.3, 0.4) is 0 Å². The molecule has 0 saturated carbocycles. The summed E-state index contributed by atoms with van der Waals surface area (Å²) in [5, 5.41) is 3.35. The van der Waals surface area contributed by atoms with E-state index in [0.717, 1.165) is 11.3 Å². The molecule has 1 unspecified atom stereocenters. The summed E-state index contributed by atoms with van der Waals surface area (Å²) in [6.45, 7) is 1.89. The van der Waals surface area contributed by atoms with Crippen molar-refractivity contribution in [3.8, 4) is 11.5 Å². The molecule has 0 aliphatic rings. The highest BCUT2D eigenvalue weighted by molar-refractivity contribution is 5.50. The van der Waals surface area contributed by atoms with Crippen LogP contribution in [0, 0.1) is 12.7 Å². The van der Waals surface area contributed by atoms with Crippen LogP contribution in [0.4, 0.5) is 10.2 Å². The molecule has 0 bridgehead atoms. The lowest BCUT2D eigenvalue weighted by molar-refractivity contribution is 0.406. The first-order chi connectivity index (χ1) is 12.6. The van der Waals surface area contributed by atoms with Crippen molar-refractivity contribution in [2.45, 2.75) is 13.0 Å². The highest BCUT2D eigenvalue weighted by Crippen LogP contribution is 2.34. The SMILES string of the molecule is COc1cccc(C(Nc2cc(C)ncn2)c2cc(F)ccc2OC)c1. The van der Waals surface area contributed by atoms with E-state index in [4.69, 9.17) is 9.47 Å². The van der Waals surface area contributed by atoms with Gasteiger partial charge in [-0.05, 0) is 42.8 Å². The summed E-state index contributed by atoms with van der Waals surface area (Å²) >= 11 is 0. The summed E-state index contributed by atoms with van der Waals surface area (Å²) in [5.41, 5.74) is 2.39. The topological polar surface area (TPSA) is 56.3 Å². The van der Waals surface area contributed by atoms with Crippen molar-refractivity contribution < 1.29 is 13.9 Å². The standard InChI is InChI=1S/C20H20FN3O2/c1-13-9-19(23-12-22-13)24-20(14-5-4-6-16(10-14)25-2)17-11-15(21)7-8-18(17)26-3/h4-12,20H,1-3H3,(H,22,23,24).